The number of rotatable bonds is 6. The van der Waals surface area contributed by atoms with Crippen LogP contribution in [-0.4, -0.2) is 41.0 Å². The Kier molecular flexibility index (Phi) is 6.07. The van der Waals surface area contributed by atoms with Crippen molar-refractivity contribution >= 4 is 23.6 Å². The van der Waals surface area contributed by atoms with E-state index in [0.717, 1.165) is 4.90 Å². The van der Waals surface area contributed by atoms with E-state index in [-0.39, 0.29) is 12.3 Å². The van der Waals surface area contributed by atoms with Crippen LogP contribution < -0.4 is 5.32 Å². The molecule has 6 heteroatoms. The van der Waals surface area contributed by atoms with Gasteiger partial charge in [0.05, 0.1) is 12.0 Å². The van der Waals surface area contributed by atoms with Gasteiger partial charge in [0.2, 0.25) is 0 Å². The highest BCUT2D eigenvalue weighted by Gasteiger charge is 2.36. The number of ether oxygens (including phenoxy) is 1. The molecule has 1 aliphatic rings. The van der Waals surface area contributed by atoms with Gasteiger partial charge in [-0.15, -0.1) is 11.8 Å². The molecule has 0 radical (unpaired) electrons. The number of hydrogen-bond donors (Lipinski definition) is 2. The zero-order valence-corrected chi connectivity index (χ0v) is 14.3. The van der Waals surface area contributed by atoms with E-state index in [1.807, 2.05) is 12.1 Å². The largest absolute Gasteiger partial charge is 0.481 e. The van der Waals surface area contributed by atoms with Gasteiger partial charge in [0.25, 0.3) is 5.91 Å². The van der Waals surface area contributed by atoms with Gasteiger partial charge in [-0.05, 0) is 37.1 Å². The van der Waals surface area contributed by atoms with E-state index in [9.17, 15) is 9.59 Å². The van der Waals surface area contributed by atoms with Crippen LogP contribution in [0.1, 0.15) is 43.5 Å². The molecule has 2 N–H and O–H groups in total. The molecule has 0 aliphatic carbocycles. The van der Waals surface area contributed by atoms with Crippen molar-refractivity contribution in [3.05, 3.63) is 29.8 Å². The van der Waals surface area contributed by atoms with Crippen molar-refractivity contribution in [1.29, 1.82) is 0 Å². The quantitative estimate of drug-likeness (QED) is 0.781. The molecule has 0 aromatic heterocycles. The Morgan fingerprint density at radius 2 is 1.87 bits per heavy atom. The summed E-state index contributed by atoms with van der Waals surface area (Å²) in [5.41, 5.74) is -0.165. The zero-order chi connectivity index (χ0) is 16.9. The monoisotopic (exact) mass is 337 g/mol. The number of nitrogens with one attached hydrogen (secondary N) is 1. The first-order chi connectivity index (χ1) is 10.9. The Hall–Kier alpha value is -1.53. The molecule has 0 atom stereocenters. The van der Waals surface area contributed by atoms with E-state index in [1.165, 1.54) is 0 Å². The van der Waals surface area contributed by atoms with Crippen LogP contribution in [0, 0.1) is 0 Å². The van der Waals surface area contributed by atoms with Crippen molar-refractivity contribution in [1.82, 2.24) is 5.32 Å². The molecule has 0 unspecified atom stereocenters. The predicted molar refractivity (Wildman–Crippen MR) is 89.9 cm³/mol. The normalized spacial score (nSPS) is 17.0. The number of carboxylic acid groups (broad SMARTS) is 1. The molecule has 23 heavy (non-hydrogen) atoms. The predicted octanol–water partition coefficient (Wildman–Crippen LogP) is 2.94. The summed E-state index contributed by atoms with van der Waals surface area (Å²) in [7, 11) is 0. The first kappa shape index (κ1) is 17.8. The average Bonchev–Trinajstić information content (AvgIpc) is 2.47. The number of aliphatic carboxylic acids is 1. The third-order valence-corrected chi connectivity index (χ3v) is 4.82. The smallest absolute Gasteiger partial charge is 0.305 e. The van der Waals surface area contributed by atoms with Gasteiger partial charge >= 0.3 is 5.97 Å². The molecule has 2 rings (SSSR count). The lowest BCUT2D eigenvalue weighted by atomic mass is 9.86. The molecule has 5 nitrogen and oxygen atoms in total. The molecular weight excluding hydrogens is 314 g/mol. The Morgan fingerprint density at radius 1 is 1.26 bits per heavy atom. The lowest BCUT2D eigenvalue weighted by Gasteiger charge is -2.36. The van der Waals surface area contributed by atoms with Gasteiger partial charge in [-0.2, -0.15) is 0 Å². The third-order valence-electron chi connectivity index (χ3n) is 3.81. The molecule has 0 spiro atoms. The maximum Gasteiger partial charge on any atom is 0.305 e. The fourth-order valence-corrected chi connectivity index (χ4v) is 3.51. The van der Waals surface area contributed by atoms with Gasteiger partial charge in [-0.1, -0.05) is 13.8 Å². The number of carboxylic acids is 1. The van der Waals surface area contributed by atoms with Crippen LogP contribution in [0.4, 0.5) is 0 Å². The summed E-state index contributed by atoms with van der Waals surface area (Å²) >= 11 is 1.74. The number of hydrogen-bond acceptors (Lipinski definition) is 4. The molecule has 1 aliphatic heterocycles. The molecule has 1 heterocycles. The van der Waals surface area contributed by atoms with Crippen molar-refractivity contribution in [2.45, 2.75) is 48.8 Å². The standard InChI is InChI=1S/C17H23NO4S/c1-12(2)23-14-5-3-13(4-6-14)16(21)18-17(11-15(19)20)7-9-22-10-8-17/h3-6,12H,7-11H2,1-2H3,(H,18,21)(H,19,20). The Morgan fingerprint density at radius 3 is 2.39 bits per heavy atom. The number of benzene rings is 1. The van der Waals surface area contributed by atoms with Crippen LogP contribution in [0.5, 0.6) is 0 Å². The second kappa shape index (κ2) is 7.84. The van der Waals surface area contributed by atoms with Crippen LogP contribution in [0.3, 0.4) is 0 Å². The number of carbonyl (C=O) groups is 2. The Labute approximate surface area is 140 Å². The SMILES string of the molecule is CC(C)Sc1ccc(C(=O)NC2(CC(=O)O)CCOCC2)cc1. The van der Waals surface area contributed by atoms with E-state index in [1.54, 1.807) is 23.9 Å². The highest BCUT2D eigenvalue weighted by atomic mass is 32.2. The summed E-state index contributed by atoms with van der Waals surface area (Å²) in [6.07, 6.45) is 0.960. The number of carbonyl (C=O) groups excluding carboxylic acids is 1. The highest BCUT2D eigenvalue weighted by Crippen LogP contribution is 2.26. The van der Waals surface area contributed by atoms with Crippen molar-refractivity contribution in [2.24, 2.45) is 0 Å². The molecule has 1 saturated heterocycles. The molecule has 1 amide bonds. The van der Waals surface area contributed by atoms with E-state index in [4.69, 9.17) is 9.84 Å². The van der Waals surface area contributed by atoms with Crippen LogP contribution in [0.25, 0.3) is 0 Å². The summed E-state index contributed by atoms with van der Waals surface area (Å²) in [4.78, 5) is 24.7. The topological polar surface area (TPSA) is 75.6 Å². The minimum Gasteiger partial charge on any atom is -0.481 e. The maximum absolute atomic E-state index is 12.5. The minimum absolute atomic E-state index is 0.0800. The molecule has 0 saturated carbocycles. The second-order valence-electron chi connectivity index (χ2n) is 6.11. The van der Waals surface area contributed by atoms with Gasteiger partial charge in [0, 0.05) is 28.9 Å². The van der Waals surface area contributed by atoms with Crippen molar-refractivity contribution in [2.75, 3.05) is 13.2 Å². The summed E-state index contributed by atoms with van der Waals surface area (Å²) in [5.74, 6) is -1.13. The first-order valence-electron chi connectivity index (χ1n) is 7.79. The van der Waals surface area contributed by atoms with Crippen LogP contribution >= 0.6 is 11.8 Å². The van der Waals surface area contributed by atoms with Gasteiger partial charge in [0.1, 0.15) is 0 Å². The second-order valence-corrected chi connectivity index (χ2v) is 7.76. The van der Waals surface area contributed by atoms with Gasteiger partial charge in [-0.25, -0.2) is 0 Å². The van der Waals surface area contributed by atoms with Crippen LogP contribution in [-0.2, 0) is 9.53 Å². The fraction of sp³-hybridized carbons (Fsp3) is 0.529. The van der Waals surface area contributed by atoms with Gasteiger partial charge in [-0.3, -0.25) is 9.59 Å². The van der Waals surface area contributed by atoms with Crippen LogP contribution in [0.2, 0.25) is 0 Å². The zero-order valence-electron chi connectivity index (χ0n) is 13.5. The molecule has 1 aromatic rings. The summed E-state index contributed by atoms with van der Waals surface area (Å²) in [6, 6.07) is 7.42. The molecule has 1 fully saturated rings. The van der Waals surface area contributed by atoms with Gasteiger partial charge < -0.3 is 15.2 Å². The number of thioether (sulfide) groups is 1. The highest BCUT2D eigenvalue weighted by molar-refractivity contribution is 7.99. The molecule has 1 aromatic carbocycles. The third kappa shape index (κ3) is 5.25. The van der Waals surface area contributed by atoms with E-state index in [0.29, 0.717) is 36.9 Å². The lowest BCUT2D eigenvalue weighted by Crippen LogP contribution is -2.53. The van der Waals surface area contributed by atoms with Crippen molar-refractivity contribution < 1.29 is 19.4 Å². The fourth-order valence-electron chi connectivity index (χ4n) is 2.67. The van der Waals surface area contributed by atoms with Crippen molar-refractivity contribution in [3.8, 4) is 0 Å². The van der Waals surface area contributed by atoms with Gasteiger partial charge in [0.15, 0.2) is 0 Å². The maximum atomic E-state index is 12.5. The van der Waals surface area contributed by atoms with E-state index >= 15 is 0 Å². The molecular formula is C17H23NO4S. The average molecular weight is 337 g/mol. The summed E-state index contributed by atoms with van der Waals surface area (Å²) in [5, 5.41) is 12.6. The summed E-state index contributed by atoms with van der Waals surface area (Å²) < 4.78 is 5.30. The minimum atomic E-state index is -0.907. The summed E-state index contributed by atoms with van der Waals surface area (Å²) in [6.45, 7) is 5.17. The number of amides is 1. The first-order valence-corrected chi connectivity index (χ1v) is 8.67. The Balaban J connectivity index is 2.07. The molecule has 126 valence electrons. The van der Waals surface area contributed by atoms with Crippen molar-refractivity contribution in [3.63, 3.8) is 0 Å². The Bertz CT molecular complexity index is 550. The van der Waals surface area contributed by atoms with E-state index in [2.05, 4.69) is 19.2 Å². The van der Waals surface area contributed by atoms with E-state index < -0.39 is 11.5 Å². The lowest BCUT2D eigenvalue weighted by molar-refractivity contribution is -0.139. The molecule has 0 bridgehead atoms. The van der Waals surface area contributed by atoms with Crippen LogP contribution in [0.15, 0.2) is 29.2 Å².